The highest BCUT2D eigenvalue weighted by Crippen LogP contribution is 2.19. The fraction of sp³-hybridized carbons (Fsp3) is 0.412. The van der Waals surface area contributed by atoms with Crippen LogP contribution in [0.1, 0.15) is 19.4 Å². The van der Waals surface area contributed by atoms with Crippen LogP contribution in [0.4, 0.5) is 0 Å². The van der Waals surface area contributed by atoms with Gasteiger partial charge in [-0.15, -0.1) is 12.4 Å². The second-order valence-corrected chi connectivity index (χ2v) is 5.48. The Balaban J connectivity index is 0.00000288. The molecule has 24 heavy (non-hydrogen) atoms. The third kappa shape index (κ3) is 4.72. The zero-order chi connectivity index (χ0) is 16.8. The number of halogens is 1. The van der Waals surface area contributed by atoms with Crippen molar-refractivity contribution in [3.8, 4) is 0 Å². The molecule has 0 aliphatic heterocycles. The molecule has 0 aliphatic rings. The molecule has 2 aromatic rings. The highest BCUT2D eigenvalue weighted by Gasteiger charge is 2.22. The van der Waals surface area contributed by atoms with Crippen LogP contribution in [0.3, 0.4) is 0 Å². The molecular weight excluding hydrogens is 328 g/mol. The van der Waals surface area contributed by atoms with Gasteiger partial charge in [-0.25, -0.2) is 0 Å². The minimum atomic E-state index is -0.663. The van der Waals surface area contributed by atoms with Crippen LogP contribution in [0.15, 0.2) is 30.5 Å². The number of hydrogen-bond donors (Lipinski definition) is 3. The van der Waals surface area contributed by atoms with Crippen LogP contribution >= 0.6 is 12.4 Å². The zero-order valence-corrected chi connectivity index (χ0v) is 14.9. The average Bonchev–Trinajstić information content (AvgIpc) is 2.95. The Kier molecular flexibility index (Phi) is 7.74. The van der Waals surface area contributed by atoms with Gasteiger partial charge in [0.05, 0.1) is 12.6 Å². The first kappa shape index (κ1) is 20.0. The smallest absolute Gasteiger partial charge is 0.240 e. The van der Waals surface area contributed by atoms with Crippen LogP contribution in [-0.4, -0.2) is 47.4 Å². The molecule has 2 rings (SSSR count). The van der Waals surface area contributed by atoms with Crippen molar-refractivity contribution in [2.75, 3.05) is 19.6 Å². The summed E-state index contributed by atoms with van der Waals surface area (Å²) in [4.78, 5) is 28.8. The molecule has 7 heteroatoms. The molecule has 0 unspecified atom stereocenters. The number of amides is 2. The summed E-state index contributed by atoms with van der Waals surface area (Å²) in [5, 5.41) is 3.77. The summed E-state index contributed by atoms with van der Waals surface area (Å²) < 4.78 is 0. The number of carbonyl (C=O) groups is 2. The van der Waals surface area contributed by atoms with Gasteiger partial charge in [-0.2, -0.15) is 0 Å². The Labute approximate surface area is 148 Å². The molecule has 1 atom stereocenters. The number of nitrogens with two attached hydrogens (primary N) is 1. The van der Waals surface area contributed by atoms with E-state index in [1.165, 1.54) is 4.90 Å². The maximum atomic E-state index is 12.5. The van der Waals surface area contributed by atoms with E-state index >= 15 is 0 Å². The van der Waals surface area contributed by atoms with Gasteiger partial charge in [-0.1, -0.05) is 18.2 Å². The maximum Gasteiger partial charge on any atom is 0.240 e. The lowest BCUT2D eigenvalue weighted by atomic mass is 10.0. The Bertz CT molecular complexity index is 686. The van der Waals surface area contributed by atoms with Crippen LogP contribution in [0.5, 0.6) is 0 Å². The van der Waals surface area contributed by atoms with Crippen molar-refractivity contribution in [3.63, 3.8) is 0 Å². The van der Waals surface area contributed by atoms with Crippen LogP contribution < -0.4 is 11.1 Å². The van der Waals surface area contributed by atoms with E-state index < -0.39 is 6.04 Å². The average molecular weight is 353 g/mol. The second kappa shape index (κ2) is 9.30. The molecule has 132 valence electrons. The van der Waals surface area contributed by atoms with Crippen molar-refractivity contribution in [2.45, 2.75) is 26.3 Å². The monoisotopic (exact) mass is 352 g/mol. The van der Waals surface area contributed by atoms with E-state index in [0.29, 0.717) is 19.5 Å². The molecule has 2 amide bonds. The minimum absolute atomic E-state index is 0. The first-order chi connectivity index (χ1) is 11.1. The number of nitrogens with zero attached hydrogens (tertiary/aromatic N) is 1. The van der Waals surface area contributed by atoms with E-state index in [1.807, 2.05) is 44.3 Å². The quantitative estimate of drug-likeness (QED) is 0.704. The SMILES string of the molecule is CCNC(=O)CN(CC)C(=O)[C@@H](N)Cc1c[nH]c2ccccc12.Cl. The summed E-state index contributed by atoms with van der Waals surface area (Å²) in [5.41, 5.74) is 8.12. The summed E-state index contributed by atoms with van der Waals surface area (Å²) in [6.45, 7) is 4.74. The minimum Gasteiger partial charge on any atom is -0.361 e. The standard InChI is InChI=1S/C17H24N4O2.ClH/c1-3-19-16(22)11-21(4-2)17(23)14(18)9-12-10-20-15-8-6-5-7-13(12)15;/h5-8,10,14,20H,3-4,9,11,18H2,1-2H3,(H,19,22);1H/t14-;/m0./s1. The molecule has 0 spiro atoms. The number of likely N-dealkylation sites (N-methyl/N-ethyl adjacent to an activating group) is 2. The summed E-state index contributed by atoms with van der Waals surface area (Å²) in [5.74, 6) is -0.369. The Morgan fingerprint density at radius 3 is 2.67 bits per heavy atom. The lowest BCUT2D eigenvalue weighted by molar-refractivity contribution is -0.136. The van der Waals surface area contributed by atoms with E-state index in [0.717, 1.165) is 16.5 Å². The molecule has 4 N–H and O–H groups in total. The lowest BCUT2D eigenvalue weighted by Gasteiger charge is -2.23. The van der Waals surface area contributed by atoms with Crippen LogP contribution in [0.25, 0.3) is 10.9 Å². The van der Waals surface area contributed by atoms with E-state index in [2.05, 4.69) is 10.3 Å². The number of para-hydroxylation sites is 1. The molecule has 0 bridgehead atoms. The van der Waals surface area contributed by atoms with Crippen molar-refractivity contribution < 1.29 is 9.59 Å². The van der Waals surface area contributed by atoms with Gasteiger partial charge in [0.15, 0.2) is 0 Å². The molecule has 0 radical (unpaired) electrons. The molecule has 0 fully saturated rings. The van der Waals surface area contributed by atoms with Crippen LogP contribution in [-0.2, 0) is 16.0 Å². The number of carbonyl (C=O) groups excluding carboxylic acids is 2. The van der Waals surface area contributed by atoms with E-state index in [9.17, 15) is 9.59 Å². The van der Waals surface area contributed by atoms with E-state index in [-0.39, 0.29) is 30.8 Å². The first-order valence-electron chi connectivity index (χ1n) is 7.92. The fourth-order valence-electron chi connectivity index (χ4n) is 2.63. The van der Waals surface area contributed by atoms with Gasteiger partial charge in [0.25, 0.3) is 0 Å². The van der Waals surface area contributed by atoms with E-state index in [1.54, 1.807) is 0 Å². The summed E-state index contributed by atoms with van der Waals surface area (Å²) in [6.07, 6.45) is 2.33. The topological polar surface area (TPSA) is 91.2 Å². The van der Waals surface area contributed by atoms with Crippen LogP contribution in [0, 0.1) is 0 Å². The molecule has 0 saturated heterocycles. The van der Waals surface area contributed by atoms with Crippen molar-refractivity contribution >= 4 is 35.1 Å². The van der Waals surface area contributed by atoms with E-state index in [4.69, 9.17) is 5.73 Å². The Morgan fingerprint density at radius 2 is 2.00 bits per heavy atom. The molecule has 0 aliphatic carbocycles. The number of hydrogen-bond acceptors (Lipinski definition) is 3. The maximum absolute atomic E-state index is 12.5. The predicted octanol–water partition coefficient (Wildman–Crippen LogP) is 1.44. The van der Waals surface area contributed by atoms with Gasteiger partial charge in [-0.3, -0.25) is 9.59 Å². The number of fused-ring (bicyclic) bond motifs is 1. The fourth-order valence-corrected chi connectivity index (χ4v) is 2.63. The zero-order valence-electron chi connectivity index (χ0n) is 14.0. The first-order valence-corrected chi connectivity index (χ1v) is 7.92. The molecule has 1 aromatic carbocycles. The third-order valence-electron chi connectivity index (χ3n) is 3.83. The number of aromatic nitrogens is 1. The van der Waals surface area contributed by atoms with Crippen molar-refractivity contribution in [3.05, 3.63) is 36.0 Å². The van der Waals surface area contributed by atoms with Gasteiger partial charge in [-0.05, 0) is 31.9 Å². The van der Waals surface area contributed by atoms with Gasteiger partial charge in [0, 0.05) is 30.2 Å². The summed E-state index contributed by atoms with van der Waals surface area (Å²) in [6, 6.07) is 7.24. The number of nitrogens with one attached hydrogen (secondary N) is 2. The van der Waals surface area contributed by atoms with Gasteiger partial charge in [0.1, 0.15) is 0 Å². The van der Waals surface area contributed by atoms with Gasteiger partial charge >= 0.3 is 0 Å². The summed E-state index contributed by atoms with van der Waals surface area (Å²) in [7, 11) is 0. The highest BCUT2D eigenvalue weighted by molar-refractivity contribution is 5.89. The number of H-pyrrole nitrogens is 1. The van der Waals surface area contributed by atoms with Crippen molar-refractivity contribution in [1.82, 2.24) is 15.2 Å². The second-order valence-electron chi connectivity index (χ2n) is 5.48. The number of benzene rings is 1. The van der Waals surface area contributed by atoms with Crippen LogP contribution in [0.2, 0.25) is 0 Å². The van der Waals surface area contributed by atoms with Gasteiger partial charge in [0.2, 0.25) is 11.8 Å². The normalized spacial score (nSPS) is 11.6. The summed E-state index contributed by atoms with van der Waals surface area (Å²) >= 11 is 0. The van der Waals surface area contributed by atoms with Crippen molar-refractivity contribution in [1.29, 1.82) is 0 Å². The number of rotatable bonds is 7. The largest absolute Gasteiger partial charge is 0.361 e. The molecule has 1 heterocycles. The third-order valence-corrected chi connectivity index (χ3v) is 3.83. The molecular formula is C17H25ClN4O2. The highest BCUT2D eigenvalue weighted by atomic mass is 35.5. The Morgan fingerprint density at radius 1 is 1.29 bits per heavy atom. The molecule has 6 nitrogen and oxygen atoms in total. The lowest BCUT2D eigenvalue weighted by Crippen LogP contribution is -2.48. The Hall–Kier alpha value is -2.05. The number of aromatic amines is 1. The molecule has 0 saturated carbocycles. The van der Waals surface area contributed by atoms with Crippen molar-refractivity contribution in [2.24, 2.45) is 5.73 Å². The molecule has 1 aromatic heterocycles. The van der Waals surface area contributed by atoms with Gasteiger partial charge < -0.3 is 20.9 Å². The predicted molar refractivity (Wildman–Crippen MR) is 98.2 cm³/mol.